The van der Waals surface area contributed by atoms with Crippen LogP contribution in [0, 0.1) is 18.8 Å². The van der Waals surface area contributed by atoms with Crippen LogP contribution in [0.25, 0.3) is 0 Å². The fourth-order valence-electron chi connectivity index (χ4n) is 1.23. The van der Waals surface area contributed by atoms with Crippen molar-refractivity contribution in [1.82, 2.24) is 0 Å². The highest BCUT2D eigenvalue weighted by Crippen LogP contribution is 2.15. The highest BCUT2D eigenvalue weighted by molar-refractivity contribution is 9.09. The number of halogens is 2. The summed E-state index contributed by atoms with van der Waals surface area (Å²) in [6.45, 7) is 1.91. The lowest BCUT2D eigenvalue weighted by atomic mass is 10.2. The van der Waals surface area contributed by atoms with Crippen LogP contribution in [0.5, 0.6) is 0 Å². The number of hydrogen-bond donors (Lipinski definition) is 0. The van der Waals surface area contributed by atoms with Gasteiger partial charge in [-0.25, -0.2) is 8.42 Å². The van der Waals surface area contributed by atoms with Crippen LogP contribution in [0.3, 0.4) is 0 Å². The molecule has 0 bridgehead atoms. The molecule has 1 rings (SSSR count). The van der Waals surface area contributed by atoms with E-state index in [-0.39, 0.29) is 11.6 Å². The second kappa shape index (κ2) is 6.44. The molecule has 0 aliphatic carbocycles. The van der Waals surface area contributed by atoms with Crippen molar-refractivity contribution in [3.63, 3.8) is 0 Å². The third kappa shape index (κ3) is 4.71. The first kappa shape index (κ1) is 14.6. The third-order valence-corrected chi connectivity index (χ3v) is 4.95. The Morgan fingerprint density at radius 3 is 2.47 bits per heavy atom. The highest BCUT2D eigenvalue weighted by Gasteiger charge is 2.17. The highest BCUT2D eigenvalue weighted by atomic mass is 79.9. The summed E-state index contributed by atoms with van der Waals surface area (Å²) in [6, 6.07) is 6.78. The first-order valence-corrected chi connectivity index (χ1v) is 8.04. The lowest BCUT2D eigenvalue weighted by Crippen LogP contribution is -2.14. The lowest BCUT2D eigenvalue weighted by Gasteiger charge is -2.05. The Kier molecular flexibility index (Phi) is 5.51. The van der Waals surface area contributed by atoms with Gasteiger partial charge in [-0.2, -0.15) is 0 Å². The molecular weight excluding hydrogens is 324 g/mol. The average Bonchev–Trinajstić information content (AvgIpc) is 2.26. The van der Waals surface area contributed by atoms with Gasteiger partial charge in [0.05, 0.1) is 21.4 Å². The van der Waals surface area contributed by atoms with E-state index in [0.717, 1.165) is 5.56 Å². The Hall–Kier alpha value is -0.500. The maximum atomic E-state index is 12.0. The van der Waals surface area contributed by atoms with Crippen LogP contribution in [0.1, 0.15) is 5.56 Å². The molecule has 0 aliphatic rings. The van der Waals surface area contributed by atoms with Gasteiger partial charge in [0.1, 0.15) is 0 Å². The first-order valence-electron chi connectivity index (χ1n) is 4.93. The maximum Gasteiger partial charge on any atom is 0.180 e. The van der Waals surface area contributed by atoms with Gasteiger partial charge >= 0.3 is 0 Å². The van der Waals surface area contributed by atoms with Crippen molar-refractivity contribution in [2.45, 2.75) is 16.6 Å². The standard InChI is InChI=1S/C12H12BrClO2S/c1-10-4-6-12(7-5-10)17(15,16)9-11(13)3-2-8-14/h4-7,11H,8-9H2,1H3. The zero-order chi connectivity index (χ0) is 12.9. The van der Waals surface area contributed by atoms with Crippen LogP contribution < -0.4 is 0 Å². The molecule has 92 valence electrons. The second-order valence-electron chi connectivity index (χ2n) is 3.52. The lowest BCUT2D eigenvalue weighted by molar-refractivity contribution is 0.596. The molecule has 0 spiro atoms. The van der Waals surface area contributed by atoms with Gasteiger partial charge in [0.25, 0.3) is 0 Å². The Morgan fingerprint density at radius 1 is 1.35 bits per heavy atom. The van der Waals surface area contributed by atoms with Gasteiger partial charge in [0.2, 0.25) is 0 Å². The van der Waals surface area contributed by atoms with Crippen molar-refractivity contribution in [2.75, 3.05) is 11.6 Å². The smallest absolute Gasteiger partial charge is 0.180 e. The number of rotatable bonds is 3. The van der Waals surface area contributed by atoms with E-state index in [0.29, 0.717) is 4.90 Å². The van der Waals surface area contributed by atoms with Crippen molar-refractivity contribution in [2.24, 2.45) is 0 Å². The Bertz CT molecular complexity index is 526. The van der Waals surface area contributed by atoms with E-state index in [1.54, 1.807) is 24.3 Å². The van der Waals surface area contributed by atoms with Gasteiger partial charge < -0.3 is 0 Å². The number of aryl methyl sites for hydroxylation is 1. The summed E-state index contributed by atoms with van der Waals surface area (Å²) < 4.78 is 24.0. The van der Waals surface area contributed by atoms with Crippen molar-refractivity contribution in [1.29, 1.82) is 0 Å². The van der Waals surface area contributed by atoms with E-state index >= 15 is 0 Å². The summed E-state index contributed by atoms with van der Waals surface area (Å²) in [5.74, 6) is 5.51. The van der Waals surface area contributed by atoms with E-state index in [4.69, 9.17) is 11.6 Å². The summed E-state index contributed by atoms with van der Waals surface area (Å²) in [5.41, 5.74) is 1.03. The van der Waals surface area contributed by atoms with Gasteiger partial charge in [-0.3, -0.25) is 0 Å². The number of benzene rings is 1. The van der Waals surface area contributed by atoms with Crippen LogP contribution >= 0.6 is 27.5 Å². The average molecular weight is 336 g/mol. The summed E-state index contributed by atoms with van der Waals surface area (Å²) in [4.78, 5) is -0.0761. The molecule has 0 aromatic heterocycles. The normalized spacial score (nSPS) is 12.6. The van der Waals surface area contributed by atoms with Crippen molar-refractivity contribution in [3.8, 4) is 11.8 Å². The van der Waals surface area contributed by atoms with E-state index in [9.17, 15) is 8.42 Å². The molecule has 0 aliphatic heterocycles. The summed E-state index contributed by atoms with van der Waals surface area (Å²) in [5, 5.41) is 0. The Balaban J connectivity index is 2.85. The topological polar surface area (TPSA) is 34.1 Å². The monoisotopic (exact) mass is 334 g/mol. The summed E-state index contributed by atoms with van der Waals surface area (Å²) >= 11 is 8.62. The Labute approximate surface area is 115 Å². The molecule has 0 heterocycles. The summed E-state index contributed by atoms with van der Waals surface area (Å²) in [6.07, 6.45) is 0. The van der Waals surface area contributed by atoms with Crippen molar-refractivity contribution < 1.29 is 8.42 Å². The molecule has 17 heavy (non-hydrogen) atoms. The van der Waals surface area contributed by atoms with E-state index in [2.05, 4.69) is 27.8 Å². The predicted octanol–water partition coefficient (Wildman–Crippen LogP) is 2.77. The van der Waals surface area contributed by atoms with Gasteiger partial charge in [0.15, 0.2) is 9.84 Å². The fourth-order valence-corrected chi connectivity index (χ4v) is 3.72. The largest absolute Gasteiger partial charge is 0.224 e. The zero-order valence-corrected chi connectivity index (χ0v) is 12.4. The second-order valence-corrected chi connectivity index (χ2v) is 6.92. The molecule has 1 atom stereocenters. The summed E-state index contributed by atoms with van der Waals surface area (Å²) in [7, 11) is -3.30. The van der Waals surface area contributed by atoms with Crippen LogP contribution in [-0.2, 0) is 9.84 Å². The molecule has 0 amide bonds. The molecule has 0 saturated carbocycles. The maximum absolute atomic E-state index is 12.0. The van der Waals surface area contributed by atoms with E-state index < -0.39 is 14.7 Å². The molecule has 0 radical (unpaired) electrons. The molecule has 2 nitrogen and oxygen atoms in total. The van der Waals surface area contributed by atoms with Gasteiger partial charge in [0, 0.05) is 0 Å². The number of alkyl halides is 2. The van der Waals surface area contributed by atoms with E-state index in [1.807, 2.05) is 6.92 Å². The van der Waals surface area contributed by atoms with Gasteiger partial charge in [-0.15, -0.1) is 11.6 Å². The molecule has 1 aromatic rings. The minimum absolute atomic E-state index is 0.0556. The molecule has 0 saturated heterocycles. The van der Waals surface area contributed by atoms with Crippen molar-refractivity contribution in [3.05, 3.63) is 29.8 Å². The predicted molar refractivity (Wildman–Crippen MR) is 74.4 cm³/mol. The molecule has 0 fully saturated rings. The first-order chi connectivity index (χ1) is 7.95. The zero-order valence-electron chi connectivity index (χ0n) is 9.28. The minimum Gasteiger partial charge on any atom is -0.224 e. The molecule has 0 N–H and O–H groups in total. The third-order valence-electron chi connectivity index (χ3n) is 2.07. The number of sulfone groups is 1. The minimum atomic E-state index is -3.30. The van der Waals surface area contributed by atoms with Gasteiger partial charge in [-0.1, -0.05) is 45.5 Å². The van der Waals surface area contributed by atoms with Crippen LogP contribution in [0.15, 0.2) is 29.2 Å². The number of hydrogen-bond acceptors (Lipinski definition) is 2. The molecule has 1 aromatic carbocycles. The van der Waals surface area contributed by atoms with Crippen molar-refractivity contribution >= 4 is 37.4 Å². The van der Waals surface area contributed by atoms with Crippen LogP contribution in [-0.4, -0.2) is 24.9 Å². The van der Waals surface area contributed by atoms with E-state index in [1.165, 1.54) is 0 Å². The SMILES string of the molecule is Cc1ccc(S(=O)(=O)CC(Br)C#CCCl)cc1. The van der Waals surface area contributed by atoms with Crippen LogP contribution in [0.4, 0.5) is 0 Å². The van der Waals surface area contributed by atoms with Gasteiger partial charge in [-0.05, 0) is 19.1 Å². The quantitative estimate of drug-likeness (QED) is 0.629. The van der Waals surface area contributed by atoms with Crippen LogP contribution in [0.2, 0.25) is 0 Å². The molecule has 1 unspecified atom stereocenters. The molecular formula is C12H12BrClO2S. The Morgan fingerprint density at radius 2 is 1.94 bits per heavy atom. The molecule has 5 heteroatoms. The fraction of sp³-hybridized carbons (Fsp3) is 0.333.